The van der Waals surface area contributed by atoms with Crippen molar-refractivity contribution in [2.45, 2.75) is 31.5 Å². The van der Waals surface area contributed by atoms with Gasteiger partial charge in [0.15, 0.2) is 0 Å². The van der Waals surface area contributed by atoms with E-state index in [1.54, 1.807) is 12.1 Å². The quantitative estimate of drug-likeness (QED) is 0.857. The molecule has 4 nitrogen and oxygen atoms in total. The van der Waals surface area contributed by atoms with Crippen LogP contribution in [0.1, 0.15) is 22.9 Å². The Morgan fingerprint density at radius 2 is 1.86 bits per heavy atom. The van der Waals surface area contributed by atoms with Gasteiger partial charge in [-0.2, -0.15) is 0 Å². The van der Waals surface area contributed by atoms with Crippen LogP contribution in [0.15, 0.2) is 34.5 Å². The molecule has 0 unspecified atom stereocenters. The van der Waals surface area contributed by atoms with Gasteiger partial charge in [0.2, 0.25) is 0 Å². The van der Waals surface area contributed by atoms with Crippen molar-refractivity contribution < 1.29 is 8.42 Å². The SMILES string of the molecule is CCNCc1sc(S(=O)(=O)Nc2ccccc2C)cc1C. The molecule has 0 spiro atoms. The van der Waals surface area contributed by atoms with Crippen molar-refractivity contribution in [2.24, 2.45) is 0 Å². The van der Waals surface area contributed by atoms with E-state index in [0.29, 0.717) is 16.4 Å². The molecule has 0 saturated heterocycles. The number of aryl methyl sites for hydroxylation is 2. The summed E-state index contributed by atoms with van der Waals surface area (Å²) in [6.45, 7) is 7.41. The number of rotatable bonds is 6. The van der Waals surface area contributed by atoms with Crippen molar-refractivity contribution in [1.82, 2.24) is 5.32 Å². The number of thiophene rings is 1. The Balaban J connectivity index is 2.26. The normalized spacial score (nSPS) is 11.6. The molecular formula is C15H20N2O2S2. The fraction of sp³-hybridized carbons (Fsp3) is 0.333. The molecular weight excluding hydrogens is 304 g/mol. The molecule has 0 aliphatic heterocycles. The van der Waals surface area contributed by atoms with E-state index in [1.807, 2.05) is 39.0 Å². The van der Waals surface area contributed by atoms with Crippen molar-refractivity contribution in [3.63, 3.8) is 0 Å². The van der Waals surface area contributed by atoms with E-state index in [0.717, 1.165) is 22.5 Å². The first-order valence-corrected chi connectivity index (χ1v) is 9.12. The third-order valence-corrected chi connectivity index (χ3v) is 6.26. The summed E-state index contributed by atoms with van der Waals surface area (Å²) in [6, 6.07) is 9.09. The highest BCUT2D eigenvalue weighted by Crippen LogP contribution is 2.28. The monoisotopic (exact) mass is 324 g/mol. The average Bonchev–Trinajstić information content (AvgIpc) is 2.81. The summed E-state index contributed by atoms with van der Waals surface area (Å²) in [4.78, 5) is 1.06. The van der Waals surface area contributed by atoms with Gasteiger partial charge in [0.1, 0.15) is 4.21 Å². The van der Waals surface area contributed by atoms with Crippen LogP contribution in [0.2, 0.25) is 0 Å². The summed E-state index contributed by atoms with van der Waals surface area (Å²) in [5, 5.41) is 3.22. The molecule has 1 heterocycles. The van der Waals surface area contributed by atoms with Crippen LogP contribution in [0.5, 0.6) is 0 Å². The summed E-state index contributed by atoms with van der Waals surface area (Å²) < 4.78 is 28.0. The van der Waals surface area contributed by atoms with Crippen molar-refractivity contribution >= 4 is 27.0 Å². The predicted molar refractivity (Wildman–Crippen MR) is 88.4 cm³/mol. The summed E-state index contributed by atoms with van der Waals surface area (Å²) in [5.41, 5.74) is 2.53. The summed E-state index contributed by atoms with van der Waals surface area (Å²) in [7, 11) is -3.52. The Hall–Kier alpha value is -1.37. The van der Waals surface area contributed by atoms with E-state index < -0.39 is 10.0 Å². The molecule has 0 fully saturated rings. The Kier molecular flexibility index (Phi) is 5.03. The van der Waals surface area contributed by atoms with Gasteiger partial charge in [0, 0.05) is 11.4 Å². The van der Waals surface area contributed by atoms with Gasteiger partial charge in [-0.1, -0.05) is 25.1 Å². The second kappa shape index (κ2) is 6.60. The molecule has 114 valence electrons. The number of anilines is 1. The zero-order valence-corrected chi connectivity index (χ0v) is 14.1. The van der Waals surface area contributed by atoms with Gasteiger partial charge in [-0.15, -0.1) is 11.3 Å². The number of benzene rings is 1. The zero-order chi connectivity index (χ0) is 15.5. The van der Waals surface area contributed by atoms with Gasteiger partial charge < -0.3 is 5.32 Å². The van der Waals surface area contributed by atoms with Gasteiger partial charge >= 0.3 is 0 Å². The van der Waals surface area contributed by atoms with Crippen LogP contribution >= 0.6 is 11.3 Å². The lowest BCUT2D eigenvalue weighted by atomic mass is 10.2. The third-order valence-electron chi connectivity index (χ3n) is 3.19. The first-order chi connectivity index (χ1) is 9.94. The van der Waals surface area contributed by atoms with Gasteiger partial charge in [-0.05, 0) is 43.7 Å². The predicted octanol–water partition coefficient (Wildman–Crippen LogP) is 3.28. The van der Waals surface area contributed by atoms with Gasteiger partial charge in [-0.25, -0.2) is 8.42 Å². The molecule has 0 aliphatic rings. The van der Waals surface area contributed by atoms with E-state index in [-0.39, 0.29) is 0 Å². The third kappa shape index (κ3) is 3.84. The standard InChI is InChI=1S/C15H20N2O2S2/c1-4-16-10-14-12(3)9-15(20-14)21(18,19)17-13-8-6-5-7-11(13)2/h5-9,16-17H,4,10H2,1-3H3. The lowest BCUT2D eigenvalue weighted by Crippen LogP contribution is -2.12. The minimum Gasteiger partial charge on any atom is -0.312 e. The molecule has 0 amide bonds. The van der Waals surface area contributed by atoms with Crippen LogP contribution < -0.4 is 10.0 Å². The molecule has 6 heteroatoms. The van der Waals surface area contributed by atoms with Crippen LogP contribution in [-0.2, 0) is 16.6 Å². The van der Waals surface area contributed by atoms with E-state index in [2.05, 4.69) is 10.0 Å². The van der Waals surface area contributed by atoms with Crippen LogP contribution in [-0.4, -0.2) is 15.0 Å². The van der Waals surface area contributed by atoms with E-state index in [4.69, 9.17) is 0 Å². The fourth-order valence-corrected chi connectivity index (χ4v) is 4.61. The second-order valence-corrected chi connectivity index (χ2v) is 7.92. The van der Waals surface area contributed by atoms with E-state index in [9.17, 15) is 8.42 Å². The molecule has 2 N–H and O–H groups in total. The molecule has 0 bridgehead atoms. The Labute approximate surface area is 130 Å². The molecule has 1 aromatic heterocycles. The van der Waals surface area contributed by atoms with Gasteiger partial charge in [0.05, 0.1) is 5.69 Å². The fourth-order valence-electron chi connectivity index (χ4n) is 1.92. The Bertz CT molecular complexity index is 721. The average molecular weight is 324 g/mol. The maximum absolute atomic E-state index is 12.5. The first kappa shape index (κ1) is 16.0. The minimum absolute atomic E-state index is 0.358. The van der Waals surface area contributed by atoms with Crippen molar-refractivity contribution in [1.29, 1.82) is 0 Å². The minimum atomic E-state index is -3.52. The van der Waals surface area contributed by atoms with E-state index in [1.165, 1.54) is 11.3 Å². The second-order valence-electron chi connectivity index (χ2n) is 4.87. The van der Waals surface area contributed by atoms with Crippen molar-refractivity contribution in [3.05, 3.63) is 46.3 Å². The summed E-state index contributed by atoms with van der Waals surface area (Å²) in [6.07, 6.45) is 0. The Morgan fingerprint density at radius 3 is 2.52 bits per heavy atom. The Morgan fingerprint density at radius 1 is 1.14 bits per heavy atom. The molecule has 1 aromatic carbocycles. The summed E-state index contributed by atoms with van der Waals surface area (Å²) >= 11 is 1.32. The van der Waals surface area contributed by atoms with Gasteiger partial charge in [-0.3, -0.25) is 4.72 Å². The molecule has 0 aliphatic carbocycles. The zero-order valence-electron chi connectivity index (χ0n) is 12.4. The number of hydrogen-bond acceptors (Lipinski definition) is 4. The lowest BCUT2D eigenvalue weighted by molar-refractivity contribution is 0.603. The lowest BCUT2D eigenvalue weighted by Gasteiger charge is -2.08. The molecule has 0 radical (unpaired) electrons. The summed E-state index contributed by atoms with van der Waals surface area (Å²) in [5.74, 6) is 0. The molecule has 21 heavy (non-hydrogen) atoms. The molecule has 2 rings (SSSR count). The highest BCUT2D eigenvalue weighted by Gasteiger charge is 2.19. The smallest absolute Gasteiger partial charge is 0.271 e. The van der Waals surface area contributed by atoms with Crippen LogP contribution in [0.4, 0.5) is 5.69 Å². The molecule has 2 aromatic rings. The number of hydrogen-bond donors (Lipinski definition) is 2. The van der Waals surface area contributed by atoms with E-state index >= 15 is 0 Å². The van der Waals surface area contributed by atoms with Crippen molar-refractivity contribution in [2.75, 3.05) is 11.3 Å². The van der Waals surface area contributed by atoms with Crippen molar-refractivity contribution in [3.8, 4) is 0 Å². The highest BCUT2D eigenvalue weighted by atomic mass is 32.2. The largest absolute Gasteiger partial charge is 0.312 e. The highest BCUT2D eigenvalue weighted by molar-refractivity contribution is 7.94. The van der Waals surface area contributed by atoms with Gasteiger partial charge in [0.25, 0.3) is 10.0 Å². The first-order valence-electron chi connectivity index (χ1n) is 6.82. The number of sulfonamides is 1. The maximum Gasteiger partial charge on any atom is 0.271 e. The van der Waals surface area contributed by atoms with Crippen LogP contribution in [0.25, 0.3) is 0 Å². The van der Waals surface area contributed by atoms with Crippen LogP contribution in [0.3, 0.4) is 0 Å². The maximum atomic E-state index is 12.5. The number of para-hydroxylation sites is 1. The number of nitrogens with one attached hydrogen (secondary N) is 2. The molecule has 0 saturated carbocycles. The molecule has 0 atom stereocenters. The van der Waals surface area contributed by atoms with Crippen LogP contribution in [0, 0.1) is 13.8 Å². The topological polar surface area (TPSA) is 58.2 Å².